The van der Waals surface area contributed by atoms with Crippen LogP contribution in [0, 0.1) is 31.0 Å². The number of benzene rings is 1. The van der Waals surface area contributed by atoms with E-state index in [2.05, 4.69) is 10.2 Å². The predicted octanol–water partition coefficient (Wildman–Crippen LogP) is 2.90. The molecule has 4 nitrogen and oxygen atoms in total. The fourth-order valence-corrected chi connectivity index (χ4v) is 1.40. The van der Waals surface area contributed by atoms with Crippen molar-refractivity contribution in [1.29, 1.82) is 5.26 Å². The highest BCUT2D eigenvalue weighted by atomic mass is 19.1. The zero-order valence-corrected chi connectivity index (χ0v) is 9.94. The molecule has 0 aliphatic rings. The van der Waals surface area contributed by atoms with Crippen LogP contribution in [0.15, 0.2) is 24.3 Å². The third-order valence-electron chi connectivity index (χ3n) is 2.56. The monoisotopic (exact) mass is 243 g/mol. The first-order chi connectivity index (χ1) is 8.61. The maximum Gasteiger partial charge on any atom is 0.257 e. The molecule has 0 aliphatic carbocycles. The molecule has 0 amide bonds. The van der Waals surface area contributed by atoms with Crippen molar-refractivity contribution in [2.24, 2.45) is 0 Å². The minimum Gasteiger partial charge on any atom is -0.437 e. The van der Waals surface area contributed by atoms with Crippen LogP contribution in [0.3, 0.4) is 0 Å². The lowest BCUT2D eigenvalue weighted by molar-refractivity contribution is 0.450. The molecular weight excluding hydrogens is 233 g/mol. The van der Waals surface area contributed by atoms with Gasteiger partial charge in [-0.3, -0.25) is 0 Å². The van der Waals surface area contributed by atoms with E-state index >= 15 is 0 Å². The molecule has 2 aromatic rings. The van der Waals surface area contributed by atoms with Gasteiger partial charge in [0.25, 0.3) is 5.88 Å². The Balaban J connectivity index is 2.38. The van der Waals surface area contributed by atoms with Crippen molar-refractivity contribution in [2.45, 2.75) is 13.8 Å². The molecule has 0 bridgehead atoms. The van der Waals surface area contributed by atoms with E-state index in [0.29, 0.717) is 17.0 Å². The van der Waals surface area contributed by atoms with E-state index in [1.165, 1.54) is 24.3 Å². The van der Waals surface area contributed by atoms with Crippen LogP contribution in [0.2, 0.25) is 0 Å². The fraction of sp³-hybridized carbons (Fsp3) is 0.154. The van der Waals surface area contributed by atoms with Crippen LogP contribution in [-0.2, 0) is 0 Å². The second-order valence-electron chi connectivity index (χ2n) is 3.76. The molecule has 0 radical (unpaired) electrons. The van der Waals surface area contributed by atoms with Gasteiger partial charge in [0, 0.05) is 0 Å². The number of nitriles is 1. The van der Waals surface area contributed by atoms with Gasteiger partial charge in [0.2, 0.25) is 0 Å². The summed E-state index contributed by atoms with van der Waals surface area (Å²) in [7, 11) is 0. The number of hydrogen-bond acceptors (Lipinski definition) is 4. The summed E-state index contributed by atoms with van der Waals surface area (Å²) in [6.07, 6.45) is 0. The first kappa shape index (κ1) is 12.0. The van der Waals surface area contributed by atoms with Crippen molar-refractivity contribution < 1.29 is 9.13 Å². The Morgan fingerprint density at radius 1 is 1.17 bits per heavy atom. The van der Waals surface area contributed by atoms with Crippen molar-refractivity contribution in [3.63, 3.8) is 0 Å². The van der Waals surface area contributed by atoms with Crippen LogP contribution in [0.5, 0.6) is 11.6 Å². The van der Waals surface area contributed by atoms with Gasteiger partial charge in [0.05, 0.1) is 5.69 Å². The van der Waals surface area contributed by atoms with Gasteiger partial charge in [-0.25, -0.2) is 4.39 Å². The molecule has 0 unspecified atom stereocenters. The van der Waals surface area contributed by atoms with E-state index in [1.54, 1.807) is 13.8 Å². The first-order valence-corrected chi connectivity index (χ1v) is 5.29. The number of hydrogen-bond donors (Lipinski definition) is 0. The lowest BCUT2D eigenvalue weighted by Crippen LogP contribution is -2.00. The summed E-state index contributed by atoms with van der Waals surface area (Å²) in [5.74, 6) is 0.187. The quantitative estimate of drug-likeness (QED) is 0.813. The lowest BCUT2D eigenvalue weighted by Gasteiger charge is -2.08. The third kappa shape index (κ3) is 2.28. The Morgan fingerprint density at radius 2 is 1.83 bits per heavy atom. The zero-order chi connectivity index (χ0) is 13.1. The Morgan fingerprint density at radius 3 is 2.44 bits per heavy atom. The van der Waals surface area contributed by atoms with Gasteiger partial charge in [-0.05, 0) is 43.7 Å². The maximum atomic E-state index is 12.8. The molecule has 0 fully saturated rings. The second kappa shape index (κ2) is 4.80. The average molecular weight is 243 g/mol. The Kier molecular flexibility index (Phi) is 3.20. The Labute approximate surface area is 104 Å². The number of halogens is 1. The Bertz CT molecular complexity index is 617. The van der Waals surface area contributed by atoms with Gasteiger partial charge < -0.3 is 4.74 Å². The van der Waals surface area contributed by atoms with Crippen molar-refractivity contribution in [3.8, 4) is 17.7 Å². The summed E-state index contributed by atoms with van der Waals surface area (Å²) >= 11 is 0. The predicted molar refractivity (Wildman–Crippen MR) is 62.7 cm³/mol. The number of nitrogens with zero attached hydrogens (tertiary/aromatic N) is 3. The highest BCUT2D eigenvalue weighted by molar-refractivity contribution is 5.46. The SMILES string of the molecule is Cc1nnc(Oc2ccc(F)cc2)c(C#N)c1C. The molecule has 1 heterocycles. The van der Waals surface area contributed by atoms with Crippen LogP contribution in [0.4, 0.5) is 4.39 Å². The molecule has 0 N–H and O–H groups in total. The molecule has 90 valence electrons. The van der Waals surface area contributed by atoms with Crippen LogP contribution in [-0.4, -0.2) is 10.2 Å². The van der Waals surface area contributed by atoms with Crippen LogP contribution >= 0.6 is 0 Å². The Hall–Kier alpha value is -2.48. The lowest BCUT2D eigenvalue weighted by atomic mass is 10.1. The summed E-state index contributed by atoms with van der Waals surface area (Å²) < 4.78 is 18.2. The molecule has 0 aliphatic heterocycles. The van der Waals surface area contributed by atoms with Crippen molar-refractivity contribution in [3.05, 3.63) is 46.9 Å². The topological polar surface area (TPSA) is 58.8 Å². The van der Waals surface area contributed by atoms with Gasteiger partial charge in [0.15, 0.2) is 0 Å². The minimum absolute atomic E-state index is 0.132. The molecule has 0 atom stereocenters. The molecule has 0 saturated heterocycles. The van der Waals surface area contributed by atoms with Gasteiger partial charge in [0.1, 0.15) is 23.2 Å². The molecule has 5 heteroatoms. The maximum absolute atomic E-state index is 12.8. The van der Waals surface area contributed by atoms with Gasteiger partial charge in [-0.15, -0.1) is 5.10 Å². The van der Waals surface area contributed by atoms with E-state index in [1.807, 2.05) is 6.07 Å². The first-order valence-electron chi connectivity index (χ1n) is 5.29. The number of aryl methyl sites for hydroxylation is 1. The van der Waals surface area contributed by atoms with E-state index < -0.39 is 0 Å². The van der Waals surface area contributed by atoms with Crippen molar-refractivity contribution in [2.75, 3.05) is 0 Å². The molecule has 1 aromatic carbocycles. The van der Waals surface area contributed by atoms with Crippen LogP contribution in [0.1, 0.15) is 16.8 Å². The summed E-state index contributed by atoms with van der Waals surface area (Å²) in [5.41, 5.74) is 1.74. The standard InChI is InChI=1S/C13H10FN3O/c1-8-9(2)16-17-13(12(8)7-15)18-11-5-3-10(14)4-6-11/h3-6H,1-2H3. The van der Waals surface area contributed by atoms with Crippen molar-refractivity contribution >= 4 is 0 Å². The van der Waals surface area contributed by atoms with Gasteiger partial charge >= 0.3 is 0 Å². The average Bonchev–Trinajstić information content (AvgIpc) is 2.37. The molecule has 0 saturated carbocycles. The summed E-state index contributed by atoms with van der Waals surface area (Å²) in [4.78, 5) is 0. The van der Waals surface area contributed by atoms with E-state index in [0.717, 1.165) is 5.56 Å². The summed E-state index contributed by atoms with van der Waals surface area (Å²) in [6, 6.07) is 7.51. The molecule has 2 rings (SSSR count). The smallest absolute Gasteiger partial charge is 0.257 e. The van der Waals surface area contributed by atoms with Crippen LogP contribution in [0.25, 0.3) is 0 Å². The molecule has 0 spiro atoms. The molecular formula is C13H10FN3O. The number of aromatic nitrogens is 2. The largest absolute Gasteiger partial charge is 0.437 e. The highest BCUT2D eigenvalue weighted by Crippen LogP contribution is 2.25. The normalized spacial score (nSPS) is 9.89. The summed E-state index contributed by atoms with van der Waals surface area (Å²) in [5, 5.41) is 16.8. The van der Waals surface area contributed by atoms with E-state index in [-0.39, 0.29) is 11.7 Å². The minimum atomic E-state index is -0.353. The number of rotatable bonds is 2. The summed E-state index contributed by atoms with van der Waals surface area (Å²) in [6.45, 7) is 3.55. The van der Waals surface area contributed by atoms with E-state index in [9.17, 15) is 4.39 Å². The third-order valence-corrected chi connectivity index (χ3v) is 2.56. The second-order valence-corrected chi connectivity index (χ2v) is 3.76. The zero-order valence-electron chi connectivity index (χ0n) is 9.94. The van der Waals surface area contributed by atoms with Crippen molar-refractivity contribution in [1.82, 2.24) is 10.2 Å². The fourth-order valence-electron chi connectivity index (χ4n) is 1.40. The van der Waals surface area contributed by atoms with Crippen LogP contribution < -0.4 is 4.74 Å². The highest BCUT2D eigenvalue weighted by Gasteiger charge is 2.12. The molecule has 18 heavy (non-hydrogen) atoms. The molecule has 1 aromatic heterocycles. The number of ether oxygens (including phenoxy) is 1. The van der Waals surface area contributed by atoms with Gasteiger partial charge in [-0.2, -0.15) is 10.4 Å². The van der Waals surface area contributed by atoms with E-state index in [4.69, 9.17) is 10.00 Å². The van der Waals surface area contributed by atoms with Gasteiger partial charge in [-0.1, -0.05) is 0 Å².